The van der Waals surface area contributed by atoms with Gasteiger partial charge in [-0.3, -0.25) is 0 Å². The fraction of sp³-hybridized carbons (Fsp3) is 0.300. The van der Waals surface area contributed by atoms with Gasteiger partial charge in [0.1, 0.15) is 11.5 Å². The molecule has 1 aliphatic carbocycles. The van der Waals surface area contributed by atoms with Crippen molar-refractivity contribution in [3.05, 3.63) is 64.1 Å². The molecule has 0 saturated carbocycles. The summed E-state index contributed by atoms with van der Waals surface area (Å²) in [7, 11) is 3.41. The summed E-state index contributed by atoms with van der Waals surface area (Å²) in [6.45, 7) is 0. The van der Waals surface area contributed by atoms with Gasteiger partial charge in [-0.2, -0.15) is 0 Å². The molecule has 0 amide bonds. The largest absolute Gasteiger partial charge is 0.497 e. The van der Waals surface area contributed by atoms with E-state index in [-0.39, 0.29) is 6.04 Å². The Labute approximate surface area is 150 Å². The van der Waals surface area contributed by atoms with Crippen molar-refractivity contribution in [1.82, 2.24) is 0 Å². The van der Waals surface area contributed by atoms with E-state index in [4.69, 9.17) is 9.47 Å². The molecule has 4 rings (SSSR count). The number of hydrogen-bond donors (Lipinski definition) is 1. The lowest BCUT2D eigenvalue weighted by Crippen LogP contribution is -2.29. The minimum Gasteiger partial charge on any atom is -0.497 e. The molecule has 0 spiro atoms. The molecule has 124 valence electrons. The van der Waals surface area contributed by atoms with E-state index < -0.39 is 0 Å². The molecule has 2 aliphatic rings. The van der Waals surface area contributed by atoms with E-state index in [0.717, 1.165) is 28.1 Å². The number of allylic oxidation sites excluding steroid dienone is 2. The zero-order valence-electron chi connectivity index (χ0n) is 13.8. The Morgan fingerprint density at radius 1 is 1.08 bits per heavy atom. The van der Waals surface area contributed by atoms with Gasteiger partial charge in [-0.25, -0.2) is 0 Å². The van der Waals surface area contributed by atoms with E-state index in [1.54, 1.807) is 14.2 Å². The molecule has 1 heterocycles. The number of halogens is 1. The van der Waals surface area contributed by atoms with Gasteiger partial charge in [0.2, 0.25) is 0 Å². The summed E-state index contributed by atoms with van der Waals surface area (Å²) in [6.07, 6.45) is 5.70. The highest BCUT2D eigenvalue weighted by Gasteiger charge is 2.39. The van der Waals surface area contributed by atoms with Gasteiger partial charge in [0.25, 0.3) is 0 Å². The number of ether oxygens (including phenoxy) is 2. The van der Waals surface area contributed by atoms with Crippen LogP contribution >= 0.6 is 15.9 Å². The topological polar surface area (TPSA) is 30.5 Å². The molecule has 2 aromatic rings. The van der Waals surface area contributed by atoms with E-state index in [9.17, 15) is 0 Å². The Morgan fingerprint density at radius 3 is 2.58 bits per heavy atom. The quantitative estimate of drug-likeness (QED) is 0.727. The van der Waals surface area contributed by atoms with Gasteiger partial charge in [0.05, 0.1) is 25.9 Å². The normalized spacial score (nSPS) is 24.0. The average molecular weight is 386 g/mol. The lowest BCUT2D eigenvalue weighted by Gasteiger charge is -2.38. The summed E-state index contributed by atoms with van der Waals surface area (Å²) in [4.78, 5) is 0. The third-order valence-electron chi connectivity index (χ3n) is 5.09. The van der Waals surface area contributed by atoms with Crippen LogP contribution in [0, 0.1) is 5.92 Å². The molecule has 0 unspecified atom stereocenters. The summed E-state index contributed by atoms with van der Waals surface area (Å²) in [5.74, 6) is 2.58. The molecule has 4 heteroatoms. The number of hydrogen-bond acceptors (Lipinski definition) is 3. The molecule has 0 bridgehead atoms. The second kappa shape index (κ2) is 6.17. The van der Waals surface area contributed by atoms with Crippen LogP contribution in [0.4, 0.5) is 5.69 Å². The third-order valence-corrected chi connectivity index (χ3v) is 5.62. The molecule has 0 radical (unpaired) electrons. The van der Waals surface area contributed by atoms with Crippen LogP contribution in [-0.2, 0) is 0 Å². The maximum atomic E-state index is 5.63. The number of nitrogens with one attached hydrogen (secondary N) is 1. The van der Waals surface area contributed by atoms with Crippen molar-refractivity contribution in [2.24, 2.45) is 5.92 Å². The number of fused-ring (bicyclic) bond motifs is 3. The Hall–Kier alpha value is -1.94. The highest BCUT2D eigenvalue weighted by atomic mass is 79.9. The summed E-state index contributed by atoms with van der Waals surface area (Å²) < 4.78 is 12.2. The van der Waals surface area contributed by atoms with Crippen molar-refractivity contribution >= 4 is 21.6 Å². The van der Waals surface area contributed by atoms with Gasteiger partial charge in [-0.05, 0) is 41.7 Å². The molecule has 2 aromatic carbocycles. The standard InChI is InChI=1S/C20H20BrNO2/c1-23-14-10-17-15-4-3-5-16(15)19(12-6-8-13(21)9-7-12)22-20(17)18(11-14)24-2/h3-4,6-11,15-16,19,22H,5H2,1-2H3/t15-,16-,19-/m0/s1. The molecule has 1 aliphatic heterocycles. The fourth-order valence-corrected chi connectivity index (χ4v) is 4.18. The molecule has 3 atom stereocenters. The van der Waals surface area contributed by atoms with Gasteiger partial charge in [-0.15, -0.1) is 0 Å². The lowest BCUT2D eigenvalue weighted by molar-refractivity contribution is 0.381. The number of anilines is 1. The SMILES string of the molecule is COc1cc(OC)c2c(c1)[C@H]1C=CC[C@@H]1[C@H](c1ccc(Br)cc1)N2. The zero-order chi connectivity index (χ0) is 16.7. The first-order valence-electron chi connectivity index (χ1n) is 8.16. The van der Waals surface area contributed by atoms with Crippen LogP contribution in [0.3, 0.4) is 0 Å². The summed E-state index contributed by atoms with van der Waals surface area (Å²) in [5.41, 5.74) is 3.65. The van der Waals surface area contributed by atoms with Crippen LogP contribution in [0.15, 0.2) is 53.0 Å². The highest BCUT2D eigenvalue weighted by Crippen LogP contribution is 2.53. The highest BCUT2D eigenvalue weighted by molar-refractivity contribution is 9.10. The van der Waals surface area contributed by atoms with Crippen molar-refractivity contribution in [3.8, 4) is 11.5 Å². The minimum absolute atomic E-state index is 0.271. The number of rotatable bonds is 3. The Bertz CT molecular complexity index is 785. The van der Waals surface area contributed by atoms with Gasteiger partial charge in [0, 0.05) is 16.5 Å². The van der Waals surface area contributed by atoms with Crippen molar-refractivity contribution in [2.45, 2.75) is 18.4 Å². The Morgan fingerprint density at radius 2 is 1.88 bits per heavy atom. The smallest absolute Gasteiger partial charge is 0.145 e. The first-order valence-corrected chi connectivity index (χ1v) is 8.95. The van der Waals surface area contributed by atoms with Crippen LogP contribution in [0.5, 0.6) is 11.5 Å². The van der Waals surface area contributed by atoms with Crippen LogP contribution < -0.4 is 14.8 Å². The summed E-state index contributed by atoms with van der Waals surface area (Å²) >= 11 is 3.52. The number of benzene rings is 2. The minimum atomic E-state index is 0.271. The van der Waals surface area contributed by atoms with Gasteiger partial charge in [-0.1, -0.05) is 40.2 Å². The molecule has 1 N–H and O–H groups in total. The van der Waals surface area contributed by atoms with E-state index >= 15 is 0 Å². The maximum absolute atomic E-state index is 5.63. The predicted molar refractivity (Wildman–Crippen MR) is 100 cm³/mol. The van der Waals surface area contributed by atoms with E-state index in [2.05, 4.69) is 63.7 Å². The third kappa shape index (κ3) is 2.49. The first-order chi connectivity index (χ1) is 11.7. The van der Waals surface area contributed by atoms with Crippen molar-refractivity contribution in [2.75, 3.05) is 19.5 Å². The first kappa shape index (κ1) is 15.6. The monoisotopic (exact) mass is 385 g/mol. The van der Waals surface area contributed by atoms with Crippen molar-refractivity contribution < 1.29 is 9.47 Å². The van der Waals surface area contributed by atoms with E-state index in [1.807, 2.05) is 6.07 Å². The van der Waals surface area contributed by atoms with Gasteiger partial charge in [0.15, 0.2) is 0 Å². The summed E-state index contributed by atoms with van der Waals surface area (Å²) in [5, 5.41) is 3.74. The predicted octanol–water partition coefficient (Wildman–Crippen LogP) is 5.29. The molecule has 0 fully saturated rings. The second-order valence-electron chi connectivity index (χ2n) is 6.32. The van der Waals surface area contributed by atoms with Crippen LogP contribution in [0.2, 0.25) is 0 Å². The zero-order valence-corrected chi connectivity index (χ0v) is 15.3. The molecule has 0 saturated heterocycles. The average Bonchev–Trinajstić information content (AvgIpc) is 3.11. The lowest BCUT2D eigenvalue weighted by atomic mass is 9.77. The molecule has 24 heavy (non-hydrogen) atoms. The van der Waals surface area contributed by atoms with Crippen LogP contribution in [0.1, 0.15) is 29.5 Å². The molecule has 0 aromatic heterocycles. The van der Waals surface area contributed by atoms with Crippen molar-refractivity contribution in [3.63, 3.8) is 0 Å². The second-order valence-corrected chi connectivity index (χ2v) is 7.24. The molecular formula is C20H20BrNO2. The summed E-state index contributed by atoms with van der Waals surface area (Å²) in [6, 6.07) is 13.0. The molecular weight excluding hydrogens is 366 g/mol. The van der Waals surface area contributed by atoms with Gasteiger partial charge >= 0.3 is 0 Å². The Balaban J connectivity index is 1.82. The van der Waals surface area contributed by atoms with E-state index in [0.29, 0.717) is 11.8 Å². The number of methoxy groups -OCH3 is 2. The van der Waals surface area contributed by atoms with E-state index in [1.165, 1.54) is 11.1 Å². The van der Waals surface area contributed by atoms with Crippen LogP contribution in [0.25, 0.3) is 0 Å². The Kier molecular flexibility index (Phi) is 4.01. The fourth-order valence-electron chi connectivity index (χ4n) is 3.92. The maximum Gasteiger partial charge on any atom is 0.145 e. The van der Waals surface area contributed by atoms with Gasteiger partial charge < -0.3 is 14.8 Å². The van der Waals surface area contributed by atoms with Crippen LogP contribution in [-0.4, -0.2) is 14.2 Å². The molecule has 3 nitrogen and oxygen atoms in total. The van der Waals surface area contributed by atoms with Crippen molar-refractivity contribution in [1.29, 1.82) is 0 Å².